The lowest BCUT2D eigenvalue weighted by Crippen LogP contribution is -2.21. The quantitative estimate of drug-likeness (QED) is 0.694. The maximum Gasteiger partial charge on any atom is 0.280 e. The SMILES string of the molecule is CNc1nc2c(ncn2C(C)CC(CO)OC)c(=O)[nH]1. The summed E-state index contributed by atoms with van der Waals surface area (Å²) < 4.78 is 6.98. The van der Waals surface area contributed by atoms with E-state index in [1.807, 2.05) is 11.5 Å². The van der Waals surface area contributed by atoms with E-state index >= 15 is 0 Å². The molecule has 2 aromatic heterocycles. The van der Waals surface area contributed by atoms with Crippen molar-refractivity contribution in [2.45, 2.75) is 25.5 Å². The molecular formula is C12H19N5O3. The lowest BCUT2D eigenvalue weighted by molar-refractivity contribution is 0.0348. The van der Waals surface area contributed by atoms with Gasteiger partial charge in [0.15, 0.2) is 11.2 Å². The summed E-state index contributed by atoms with van der Waals surface area (Å²) in [6.07, 6.45) is 1.93. The van der Waals surface area contributed by atoms with Gasteiger partial charge in [0, 0.05) is 20.2 Å². The first-order chi connectivity index (χ1) is 9.60. The molecule has 20 heavy (non-hydrogen) atoms. The van der Waals surface area contributed by atoms with Gasteiger partial charge in [0.1, 0.15) is 0 Å². The molecule has 2 aromatic rings. The third-order valence-corrected chi connectivity index (χ3v) is 3.28. The van der Waals surface area contributed by atoms with E-state index < -0.39 is 0 Å². The molecule has 0 amide bonds. The summed E-state index contributed by atoms with van der Waals surface area (Å²) in [5, 5.41) is 12.0. The highest BCUT2D eigenvalue weighted by atomic mass is 16.5. The van der Waals surface area contributed by atoms with Gasteiger partial charge in [-0.3, -0.25) is 9.78 Å². The molecule has 0 aliphatic heterocycles. The van der Waals surface area contributed by atoms with Gasteiger partial charge in [-0.25, -0.2) is 4.98 Å². The van der Waals surface area contributed by atoms with Crippen LogP contribution in [0.15, 0.2) is 11.1 Å². The highest BCUT2D eigenvalue weighted by molar-refractivity contribution is 5.70. The largest absolute Gasteiger partial charge is 0.394 e. The first-order valence-corrected chi connectivity index (χ1v) is 6.39. The van der Waals surface area contributed by atoms with Gasteiger partial charge in [-0.1, -0.05) is 0 Å². The minimum absolute atomic E-state index is 0.00361. The second kappa shape index (κ2) is 6.02. The van der Waals surface area contributed by atoms with Crippen LogP contribution in [0.3, 0.4) is 0 Å². The summed E-state index contributed by atoms with van der Waals surface area (Å²) in [7, 11) is 3.24. The molecule has 0 spiro atoms. The normalized spacial score (nSPS) is 14.4. The molecule has 0 aliphatic carbocycles. The second-order valence-electron chi connectivity index (χ2n) is 4.61. The van der Waals surface area contributed by atoms with E-state index in [4.69, 9.17) is 4.74 Å². The molecule has 0 fully saturated rings. The van der Waals surface area contributed by atoms with Crippen LogP contribution in [0.2, 0.25) is 0 Å². The number of ether oxygens (including phenoxy) is 1. The zero-order valence-corrected chi connectivity index (χ0v) is 11.8. The summed E-state index contributed by atoms with van der Waals surface area (Å²) in [5.41, 5.74) is 0.531. The van der Waals surface area contributed by atoms with E-state index in [-0.39, 0.29) is 24.3 Å². The van der Waals surface area contributed by atoms with Crippen molar-refractivity contribution in [1.82, 2.24) is 19.5 Å². The van der Waals surface area contributed by atoms with Crippen LogP contribution in [-0.2, 0) is 4.74 Å². The number of fused-ring (bicyclic) bond motifs is 1. The molecule has 0 aromatic carbocycles. The van der Waals surface area contributed by atoms with Crippen LogP contribution in [-0.4, -0.2) is 51.5 Å². The molecule has 8 nitrogen and oxygen atoms in total. The summed E-state index contributed by atoms with van der Waals surface area (Å²) in [6.45, 7) is 1.91. The lowest BCUT2D eigenvalue weighted by atomic mass is 10.1. The van der Waals surface area contributed by atoms with E-state index in [0.29, 0.717) is 23.5 Å². The average molecular weight is 281 g/mol. The number of aliphatic hydroxyl groups is 1. The maximum atomic E-state index is 11.9. The van der Waals surface area contributed by atoms with Crippen LogP contribution in [0.1, 0.15) is 19.4 Å². The van der Waals surface area contributed by atoms with Crippen LogP contribution in [0.25, 0.3) is 11.2 Å². The van der Waals surface area contributed by atoms with Gasteiger partial charge in [-0.05, 0) is 13.3 Å². The van der Waals surface area contributed by atoms with Crippen molar-refractivity contribution in [2.75, 3.05) is 26.1 Å². The predicted octanol–water partition coefficient (Wildman–Crippen LogP) is 0.120. The Morgan fingerprint density at radius 1 is 1.60 bits per heavy atom. The molecule has 110 valence electrons. The monoisotopic (exact) mass is 281 g/mol. The Hall–Kier alpha value is -1.93. The van der Waals surface area contributed by atoms with Crippen molar-refractivity contribution >= 4 is 17.1 Å². The van der Waals surface area contributed by atoms with Gasteiger partial charge in [-0.2, -0.15) is 4.98 Å². The molecule has 2 heterocycles. The summed E-state index contributed by atoms with van der Waals surface area (Å²) in [4.78, 5) is 22.9. The Bertz CT molecular complexity index is 632. The number of nitrogens with one attached hydrogen (secondary N) is 2. The first-order valence-electron chi connectivity index (χ1n) is 6.39. The smallest absolute Gasteiger partial charge is 0.280 e. The van der Waals surface area contributed by atoms with E-state index in [1.165, 1.54) is 0 Å². The zero-order valence-electron chi connectivity index (χ0n) is 11.8. The molecule has 0 radical (unpaired) electrons. The van der Waals surface area contributed by atoms with Crippen molar-refractivity contribution in [1.29, 1.82) is 0 Å². The molecule has 2 unspecified atom stereocenters. The fourth-order valence-corrected chi connectivity index (χ4v) is 2.11. The molecule has 0 bridgehead atoms. The Balaban J connectivity index is 2.39. The number of H-pyrrole nitrogens is 1. The molecule has 2 atom stereocenters. The fourth-order valence-electron chi connectivity index (χ4n) is 2.11. The second-order valence-corrected chi connectivity index (χ2v) is 4.61. The molecule has 0 saturated carbocycles. The predicted molar refractivity (Wildman–Crippen MR) is 74.9 cm³/mol. The fraction of sp³-hybridized carbons (Fsp3) is 0.583. The summed E-state index contributed by atoms with van der Waals surface area (Å²) in [6, 6.07) is -0.00361. The van der Waals surface area contributed by atoms with Gasteiger partial charge in [0.2, 0.25) is 5.95 Å². The number of anilines is 1. The van der Waals surface area contributed by atoms with Gasteiger partial charge >= 0.3 is 0 Å². The van der Waals surface area contributed by atoms with Gasteiger partial charge in [-0.15, -0.1) is 0 Å². The maximum absolute atomic E-state index is 11.9. The van der Waals surface area contributed by atoms with Crippen molar-refractivity contribution in [2.24, 2.45) is 0 Å². The Morgan fingerprint density at radius 3 is 2.95 bits per heavy atom. The number of methoxy groups -OCH3 is 1. The Labute approximate surface area is 115 Å². The van der Waals surface area contributed by atoms with E-state index in [0.717, 1.165) is 0 Å². The summed E-state index contributed by atoms with van der Waals surface area (Å²) >= 11 is 0. The van der Waals surface area contributed by atoms with Gasteiger partial charge in [0.05, 0.1) is 19.0 Å². The minimum Gasteiger partial charge on any atom is -0.394 e. The number of imidazole rings is 1. The number of aliphatic hydroxyl groups excluding tert-OH is 1. The van der Waals surface area contributed by atoms with E-state index in [2.05, 4.69) is 20.3 Å². The third-order valence-electron chi connectivity index (χ3n) is 3.28. The third kappa shape index (κ3) is 2.66. The van der Waals surface area contributed by atoms with Gasteiger partial charge < -0.3 is 19.7 Å². The highest BCUT2D eigenvalue weighted by Crippen LogP contribution is 2.19. The van der Waals surface area contributed by atoms with Crippen LogP contribution in [0.4, 0.5) is 5.95 Å². The number of hydrogen-bond acceptors (Lipinski definition) is 6. The summed E-state index contributed by atoms with van der Waals surface area (Å²) in [5.74, 6) is 0.391. The molecule has 0 aliphatic rings. The number of nitrogens with zero attached hydrogens (tertiary/aromatic N) is 3. The van der Waals surface area contributed by atoms with Crippen LogP contribution >= 0.6 is 0 Å². The molecule has 3 N–H and O–H groups in total. The van der Waals surface area contributed by atoms with Crippen molar-refractivity contribution in [3.63, 3.8) is 0 Å². The van der Waals surface area contributed by atoms with Crippen molar-refractivity contribution in [3.8, 4) is 0 Å². The first kappa shape index (κ1) is 14.5. The standard InChI is InChI=1S/C12H19N5O3/c1-7(4-8(5-18)20-3)17-6-14-9-10(17)15-12(13-2)16-11(9)19/h6-8,18H,4-5H2,1-3H3,(H2,13,15,16,19). The number of aromatic nitrogens is 4. The van der Waals surface area contributed by atoms with E-state index in [9.17, 15) is 9.90 Å². The number of aromatic amines is 1. The van der Waals surface area contributed by atoms with Crippen molar-refractivity contribution < 1.29 is 9.84 Å². The minimum atomic E-state index is -0.282. The van der Waals surface area contributed by atoms with Crippen LogP contribution in [0, 0.1) is 0 Å². The Kier molecular flexibility index (Phi) is 4.35. The number of rotatable bonds is 6. The molecular weight excluding hydrogens is 262 g/mol. The van der Waals surface area contributed by atoms with Gasteiger partial charge in [0.25, 0.3) is 5.56 Å². The molecule has 0 saturated heterocycles. The highest BCUT2D eigenvalue weighted by Gasteiger charge is 2.17. The molecule has 8 heteroatoms. The average Bonchev–Trinajstić information content (AvgIpc) is 2.88. The zero-order chi connectivity index (χ0) is 14.7. The van der Waals surface area contributed by atoms with E-state index in [1.54, 1.807) is 20.5 Å². The topological polar surface area (TPSA) is 105 Å². The van der Waals surface area contributed by atoms with Crippen LogP contribution < -0.4 is 10.9 Å². The Morgan fingerprint density at radius 2 is 2.35 bits per heavy atom. The number of hydrogen-bond donors (Lipinski definition) is 3. The lowest BCUT2D eigenvalue weighted by Gasteiger charge is -2.19. The molecule has 2 rings (SSSR count). The van der Waals surface area contributed by atoms with Crippen LogP contribution in [0.5, 0.6) is 0 Å². The van der Waals surface area contributed by atoms with Crippen molar-refractivity contribution in [3.05, 3.63) is 16.7 Å².